The quantitative estimate of drug-likeness (QED) is 0.769. The molecule has 2 aromatic rings. The van der Waals surface area contributed by atoms with E-state index in [1.165, 1.54) is 0 Å². The molecule has 0 saturated heterocycles. The predicted octanol–water partition coefficient (Wildman–Crippen LogP) is 2.46. The zero-order valence-electron chi connectivity index (χ0n) is 12.6. The minimum atomic E-state index is 0.0748. The molecule has 21 heavy (non-hydrogen) atoms. The van der Waals surface area contributed by atoms with Gasteiger partial charge in [0.05, 0.1) is 7.11 Å². The van der Waals surface area contributed by atoms with Crippen molar-refractivity contribution in [1.82, 2.24) is 10.6 Å². The van der Waals surface area contributed by atoms with E-state index in [9.17, 15) is 4.79 Å². The molecule has 0 fully saturated rings. The second-order valence-corrected chi connectivity index (χ2v) is 4.93. The third kappa shape index (κ3) is 4.46. The van der Waals surface area contributed by atoms with E-state index in [0.717, 1.165) is 35.2 Å². The van der Waals surface area contributed by atoms with Gasteiger partial charge in [-0.05, 0) is 41.1 Å². The first kappa shape index (κ1) is 15.3. The highest BCUT2D eigenvalue weighted by atomic mass is 16.5. The summed E-state index contributed by atoms with van der Waals surface area (Å²) in [5.41, 5.74) is 1.10. The summed E-state index contributed by atoms with van der Waals surface area (Å²) in [6, 6.07) is 12.2. The van der Waals surface area contributed by atoms with Crippen molar-refractivity contribution in [2.75, 3.05) is 20.2 Å². The molecule has 2 N–H and O–H groups in total. The molecule has 0 radical (unpaired) electrons. The molecule has 0 aliphatic rings. The lowest BCUT2D eigenvalue weighted by atomic mass is 10.1. The average molecular weight is 286 g/mol. The number of fused-ring (bicyclic) bond motifs is 1. The molecule has 0 unspecified atom stereocenters. The number of hydrogen-bond acceptors (Lipinski definition) is 3. The van der Waals surface area contributed by atoms with Crippen LogP contribution in [0, 0.1) is 0 Å². The minimum Gasteiger partial charge on any atom is -0.497 e. The van der Waals surface area contributed by atoms with Crippen LogP contribution in [0.1, 0.15) is 18.9 Å². The lowest BCUT2D eigenvalue weighted by molar-refractivity contribution is -0.121. The standard InChI is InChI=1S/C17H22N2O2/c1-3-18-9-8-17(20)19-12-13-4-5-15-11-16(21-2)7-6-14(15)10-13/h4-7,10-11,18H,3,8-9,12H2,1-2H3,(H,19,20). The van der Waals surface area contributed by atoms with Gasteiger partial charge in [-0.25, -0.2) is 0 Å². The first-order valence-electron chi connectivity index (χ1n) is 7.27. The van der Waals surface area contributed by atoms with Crippen LogP contribution >= 0.6 is 0 Å². The topological polar surface area (TPSA) is 50.4 Å². The van der Waals surface area contributed by atoms with E-state index in [1.54, 1.807) is 7.11 Å². The summed E-state index contributed by atoms with van der Waals surface area (Å²) in [6.07, 6.45) is 0.513. The number of carbonyl (C=O) groups is 1. The highest BCUT2D eigenvalue weighted by molar-refractivity contribution is 5.84. The monoisotopic (exact) mass is 286 g/mol. The molecule has 1 amide bonds. The fourth-order valence-corrected chi connectivity index (χ4v) is 2.18. The van der Waals surface area contributed by atoms with Crippen LogP contribution in [-0.2, 0) is 11.3 Å². The fourth-order valence-electron chi connectivity index (χ4n) is 2.18. The van der Waals surface area contributed by atoms with Crippen molar-refractivity contribution in [3.8, 4) is 5.75 Å². The van der Waals surface area contributed by atoms with Crippen molar-refractivity contribution >= 4 is 16.7 Å². The Morgan fingerprint density at radius 3 is 2.67 bits per heavy atom. The van der Waals surface area contributed by atoms with Crippen molar-refractivity contribution < 1.29 is 9.53 Å². The maximum Gasteiger partial charge on any atom is 0.221 e. The molecule has 4 heteroatoms. The largest absolute Gasteiger partial charge is 0.497 e. The summed E-state index contributed by atoms with van der Waals surface area (Å²) in [5, 5.41) is 8.37. The van der Waals surface area contributed by atoms with Gasteiger partial charge in [0.15, 0.2) is 0 Å². The molecule has 4 nitrogen and oxygen atoms in total. The van der Waals surface area contributed by atoms with Gasteiger partial charge in [0, 0.05) is 19.5 Å². The molecule has 0 atom stereocenters. The van der Waals surface area contributed by atoms with Gasteiger partial charge in [0.1, 0.15) is 5.75 Å². The van der Waals surface area contributed by atoms with Gasteiger partial charge >= 0.3 is 0 Å². The number of amides is 1. The van der Waals surface area contributed by atoms with E-state index < -0.39 is 0 Å². The highest BCUT2D eigenvalue weighted by Gasteiger charge is 2.02. The second kappa shape index (κ2) is 7.64. The zero-order valence-corrected chi connectivity index (χ0v) is 12.6. The molecule has 0 aromatic heterocycles. The SMILES string of the molecule is CCNCCC(=O)NCc1ccc2cc(OC)ccc2c1. The number of benzene rings is 2. The van der Waals surface area contributed by atoms with Crippen LogP contribution in [-0.4, -0.2) is 26.1 Å². The van der Waals surface area contributed by atoms with Gasteiger partial charge in [0.2, 0.25) is 5.91 Å². The second-order valence-electron chi connectivity index (χ2n) is 4.93. The number of methoxy groups -OCH3 is 1. The van der Waals surface area contributed by atoms with Crippen LogP contribution in [0.3, 0.4) is 0 Å². The van der Waals surface area contributed by atoms with E-state index in [-0.39, 0.29) is 5.91 Å². The summed E-state index contributed by atoms with van der Waals surface area (Å²) in [4.78, 5) is 11.7. The molecule has 0 spiro atoms. The van der Waals surface area contributed by atoms with Gasteiger partial charge in [0.25, 0.3) is 0 Å². The Bertz CT molecular complexity index is 611. The Balaban J connectivity index is 1.95. The lowest BCUT2D eigenvalue weighted by Crippen LogP contribution is -2.27. The first-order valence-corrected chi connectivity index (χ1v) is 7.27. The van der Waals surface area contributed by atoms with Gasteiger partial charge in [-0.3, -0.25) is 4.79 Å². The maximum atomic E-state index is 11.7. The summed E-state index contributed by atoms with van der Waals surface area (Å²) < 4.78 is 5.22. The van der Waals surface area contributed by atoms with Crippen LogP contribution in [0.15, 0.2) is 36.4 Å². The molecule has 112 valence electrons. The van der Waals surface area contributed by atoms with Crippen LogP contribution in [0.2, 0.25) is 0 Å². The smallest absolute Gasteiger partial charge is 0.221 e. The molecule has 0 heterocycles. The van der Waals surface area contributed by atoms with E-state index in [1.807, 2.05) is 31.2 Å². The predicted molar refractivity (Wildman–Crippen MR) is 85.5 cm³/mol. The Morgan fingerprint density at radius 2 is 1.90 bits per heavy atom. The lowest BCUT2D eigenvalue weighted by Gasteiger charge is -2.08. The van der Waals surface area contributed by atoms with E-state index in [0.29, 0.717) is 13.0 Å². The molecule has 0 aliphatic heterocycles. The van der Waals surface area contributed by atoms with Crippen molar-refractivity contribution in [1.29, 1.82) is 0 Å². The molecule has 0 bridgehead atoms. The third-order valence-electron chi connectivity index (χ3n) is 3.38. The van der Waals surface area contributed by atoms with Crippen molar-refractivity contribution in [3.63, 3.8) is 0 Å². The summed E-state index contributed by atoms with van der Waals surface area (Å²) in [6.45, 7) is 4.20. The molecular weight excluding hydrogens is 264 g/mol. The molecular formula is C17H22N2O2. The number of carbonyl (C=O) groups excluding carboxylic acids is 1. The molecule has 0 saturated carbocycles. The Hall–Kier alpha value is -2.07. The number of ether oxygens (including phenoxy) is 1. The number of hydrogen-bond donors (Lipinski definition) is 2. The van der Waals surface area contributed by atoms with E-state index >= 15 is 0 Å². The molecule has 2 aromatic carbocycles. The van der Waals surface area contributed by atoms with Crippen LogP contribution in [0.4, 0.5) is 0 Å². The van der Waals surface area contributed by atoms with Crippen LogP contribution < -0.4 is 15.4 Å². The van der Waals surface area contributed by atoms with E-state index in [2.05, 4.69) is 22.8 Å². The number of rotatable bonds is 7. The van der Waals surface area contributed by atoms with Crippen molar-refractivity contribution in [3.05, 3.63) is 42.0 Å². The van der Waals surface area contributed by atoms with Crippen LogP contribution in [0.25, 0.3) is 10.8 Å². The maximum absolute atomic E-state index is 11.7. The van der Waals surface area contributed by atoms with E-state index in [4.69, 9.17) is 4.74 Å². The minimum absolute atomic E-state index is 0.0748. The van der Waals surface area contributed by atoms with Gasteiger partial charge < -0.3 is 15.4 Å². The Kier molecular flexibility index (Phi) is 5.58. The average Bonchev–Trinajstić information content (AvgIpc) is 2.52. The van der Waals surface area contributed by atoms with Gasteiger partial charge in [-0.2, -0.15) is 0 Å². The zero-order chi connectivity index (χ0) is 15.1. The summed E-state index contributed by atoms with van der Waals surface area (Å²) in [7, 11) is 1.67. The third-order valence-corrected chi connectivity index (χ3v) is 3.38. The first-order chi connectivity index (χ1) is 10.2. The van der Waals surface area contributed by atoms with Gasteiger partial charge in [-0.15, -0.1) is 0 Å². The summed E-state index contributed by atoms with van der Waals surface area (Å²) >= 11 is 0. The van der Waals surface area contributed by atoms with Crippen LogP contribution in [0.5, 0.6) is 5.75 Å². The number of nitrogens with one attached hydrogen (secondary N) is 2. The van der Waals surface area contributed by atoms with Gasteiger partial charge in [-0.1, -0.05) is 25.1 Å². The fraction of sp³-hybridized carbons (Fsp3) is 0.353. The summed E-state index contributed by atoms with van der Waals surface area (Å²) in [5.74, 6) is 0.928. The Morgan fingerprint density at radius 1 is 1.14 bits per heavy atom. The highest BCUT2D eigenvalue weighted by Crippen LogP contribution is 2.21. The Labute approximate surface area is 125 Å². The van der Waals surface area contributed by atoms with Crippen molar-refractivity contribution in [2.45, 2.75) is 19.9 Å². The molecule has 2 rings (SSSR count). The molecule has 0 aliphatic carbocycles. The van der Waals surface area contributed by atoms with Crippen molar-refractivity contribution in [2.24, 2.45) is 0 Å². The normalized spacial score (nSPS) is 10.6.